The van der Waals surface area contributed by atoms with E-state index in [2.05, 4.69) is 26.4 Å². The highest BCUT2D eigenvalue weighted by Crippen LogP contribution is 2.43. The second-order valence-electron chi connectivity index (χ2n) is 9.75. The van der Waals surface area contributed by atoms with Crippen molar-refractivity contribution in [2.75, 3.05) is 33.8 Å². The Labute approximate surface area is 183 Å². The van der Waals surface area contributed by atoms with Gasteiger partial charge in [-0.1, -0.05) is 5.21 Å². The average Bonchev–Trinajstić information content (AvgIpc) is 3.33. The van der Waals surface area contributed by atoms with Gasteiger partial charge in [0.05, 0.1) is 24.0 Å². The van der Waals surface area contributed by atoms with Gasteiger partial charge in [-0.2, -0.15) is 0 Å². The molecule has 8 nitrogen and oxygen atoms in total. The molecule has 1 amide bonds. The molecule has 3 heterocycles. The van der Waals surface area contributed by atoms with Crippen LogP contribution in [0.25, 0.3) is 0 Å². The minimum atomic E-state index is 0.109. The number of fused-ring (bicyclic) bond motifs is 1. The van der Waals surface area contributed by atoms with Crippen molar-refractivity contribution in [3.05, 3.63) is 42.0 Å². The first kappa shape index (κ1) is 20.6. The van der Waals surface area contributed by atoms with Crippen LogP contribution in [-0.2, 0) is 11.3 Å². The third kappa shape index (κ3) is 4.65. The number of hydrogen-bond acceptors (Lipinski definition) is 6. The van der Waals surface area contributed by atoms with Gasteiger partial charge in [-0.15, -0.1) is 5.10 Å². The summed E-state index contributed by atoms with van der Waals surface area (Å²) in [7, 11) is 4.08. The highest BCUT2D eigenvalue weighted by molar-refractivity contribution is 5.94. The smallest absolute Gasteiger partial charge is 0.253 e. The fourth-order valence-electron chi connectivity index (χ4n) is 5.11. The average molecular weight is 425 g/mol. The van der Waals surface area contributed by atoms with Crippen molar-refractivity contribution >= 4 is 5.91 Å². The number of pyridine rings is 1. The summed E-state index contributed by atoms with van der Waals surface area (Å²) in [6, 6.07) is 3.78. The van der Waals surface area contributed by atoms with Crippen LogP contribution in [0, 0.1) is 17.8 Å². The number of rotatable bonds is 7. The molecule has 0 spiro atoms. The van der Waals surface area contributed by atoms with E-state index >= 15 is 0 Å². The largest absolute Gasteiger partial charge is 0.376 e. The van der Waals surface area contributed by atoms with E-state index in [4.69, 9.17) is 4.74 Å². The van der Waals surface area contributed by atoms with Crippen LogP contribution in [0.15, 0.2) is 30.7 Å². The minimum Gasteiger partial charge on any atom is -0.376 e. The SMILES string of the molecule is CN(C)Cc1cn([C@@H]2C[C@@H]3CN(C(=O)c4ccncc4)C[C@@H]3C[C@H]2OCC2CC2)nn1. The van der Waals surface area contributed by atoms with Crippen molar-refractivity contribution in [1.82, 2.24) is 29.8 Å². The predicted molar refractivity (Wildman–Crippen MR) is 115 cm³/mol. The molecule has 0 bridgehead atoms. The Morgan fingerprint density at radius 1 is 1.16 bits per heavy atom. The molecule has 31 heavy (non-hydrogen) atoms. The summed E-state index contributed by atoms with van der Waals surface area (Å²) in [6.07, 6.45) is 10.1. The summed E-state index contributed by atoms with van der Waals surface area (Å²) < 4.78 is 8.47. The van der Waals surface area contributed by atoms with Crippen LogP contribution in [-0.4, -0.2) is 75.6 Å². The van der Waals surface area contributed by atoms with Crippen LogP contribution in [0.1, 0.15) is 47.8 Å². The van der Waals surface area contributed by atoms with E-state index < -0.39 is 0 Å². The van der Waals surface area contributed by atoms with Crippen LogP contribution in [0.3, 0.4) is 0 Å². The standard InChI is InChI=1S/C23H32N6O2/c1-27(2)13-20-14-29(26-25-20)21-9-18-11-28(23(30)17-5-7-24-8-6-17)12-19(18)10-22(21)31-15-16-3-4-16/h5-8,14,16,18-19,21-22H,3-4,9-13,15H2,1-2H3/t18-,19+,21-,22-/m1/s1. The molecule has 4 atom stereocenters. The number of ether oxygens (including phenoxy) is 1. The maximum absolute atomic E-state index is 13.0. The van der Waals surface area contributed by atoms with Crippen molar-refractivity contribution in [3.8, 4) is 0 Å². The Balaban J connectivity index is 1.31. The normalized spacial score (nSPS) is 28.2. The zero-order chi connectivity index (χ0) is 21.4. The summed E-state index contributed by atoms with van der Waals surface area (Å²) in [5.74, 6) is 1.79. The third-order valence-electron chi connectivity index (χ3n) is 6.92. The molecule has 2 aliphatic carbocycles. The molecule has 166 valence electrons. The van der Waals surface area contributed by atoms with Gasteiger partial charge < -0.3 is 14.5 Å². The zero-order valence-corrected chi connectivity index (χ0v) is 18.4. The number of carbonyl (C=O) groups is 1. The molecular weight excluding hydrogens is 392 g/mol. The molecule has 1 aliphatic heterocycles. The first-order valence-electron chi connectivity index (χ1n) is 11.4. The van der Waals surface area contributed by atoms with Gasteiger partial charge in [-0.3, -0.25) is 9.78 Å². The summed E-state index contributed by atoms with van der Waals surface area (Å²) >= 11 is 0. The molecule has 3 fully saturated rings. The van der Waals surface area contributed by atoms with Crippen LogP contribution in [0.5, 0.6) is 0 Å². The molecule has 8 heteroatoms. The first-order chi connectivity index (χ1) is 15.1. The van der Waals surface area contributed by atoms with Crippen LogP contribution in [0.2, 0.25) is 0 Å². The second-order valence-corrected chi connectivity index (χ2v) is 9.75. The fraction of sp³-hybridized carbons (Fsp3) is 0.652. The first-order valence-corrected chi connectivity index (χ1v) is 11.4. The molecule has 1 saturated heterocycles. The Hall–Kier alpha value is -2.32. The number of amides is 1. The van der Waals surface area contributed by atoms with Gasteiger partial charge in [0.1, 0.15) is 0 Å². The van der Waals surface area contributed by atoms with Gasteiger partial charge in [-0.25, -0.2) is 4.68 Å². The van der Waals surface area contributed by atoms with E-state index in [9.17, 15) is 4.79 Å². The number of likely N-dealkylation sites (tertiary alicyclic amines) is 1. The molecule has 0 aromatic carbocycles. The van der Waals surface area contributed by atoms with E-state index in [1.807, 2.05) is 23.7 Å². The lowest BCUT2D eigenvalue weighted by Gasteiger charge is -2.37. The molecule has 0 N–H and O–H groups in total. The van der Waals surface area contributed by atoms with Crippen molar-refractivity contribution < 1.29 is 9.53 Å². The van der Waals surface area contributed by atoms with E-state index in [0.29, 0.717) is 11.8 Å². The maximum Gasteiger partial charge on any atom is 0.253 e. The van der Waals surface area contributed by atoms with Gasteiger partial charge in [0, 0.05) is 44.2 Å². The molecule has 0 unspecified atom stereocenters. The molecule has 3 aliphatic rings. The Bertz CT molecular complexity index is 896. The quantitative estimate of drug-likeness (QED) is 0.679. The molecule has 5 rings (SSSR count). The van der Waals surface area contributed by atoms with Crippen LogP contribution in [0.4, 0.5) is 0 Å². The van der Waals surface area contributed by atoms with Crippen molar-refractivity contribution in [1.29, 1.82) is 0 Å². The lowest BCUT2D eigenvalue weighted by molar-refractivity contribution is -0.0375. The molecule has 2 aromatic heterocycles. The second kappa shape index (κ2) is 8.67. The van der Waals surface area contributed by atoms with Gasteiger partial charge in [-0.05, 0) is 69.7 Å². The number of carbonyl (C=O) groups excluding carboxylic acids is 1. The molecule has 2 aromatic rings. The number of aromatic nitrogens is 4. The van der Waals surface area contributed by atoms with Crippen LogP contribution >= 0.6 is 0 Å². The molecule has 0 radical (unpaired) electrons. The minimum absolute atomic E-state index is 0.109. The Morgan fingerprint density at radius 3 is 2.61 bits per heavy atom. The molecular formula is C23H32N6O2. The van der Waals surface area contributed by atoms with Crippen molar-refractivity contribution in [3.63, 3.8) is 0 Å². The lowest BCUT2D eigenvalue weighted by Crippen LogP contribution is -2.38. The van der Waals surface area contributed by atoms with Gasteiger partial charge >= 0.3 is 0 Å². The topological polar surface area (TPSA) is 76.4 Å². The summed E-state index contributed by atoms with van der Waals surface area (Å²) in [5, 5.41) is 8.86. The van der Waals surface area contributed by atoms with Crippen LogP contribution < -0.4 is 0 Å². The predicted octanol–water partition coefficient (Wildman–Crippen LogP) is 2.25. The van der Waals surface area contributed by atoms with Gasteiger partial charge in [0.15, 0.2) is 0 Å². The summed E-state index contributed by atoms with van der Waals surface area (Å²) in [6.45, 7) is 3.24. The lowest BCUT2D eigenvalue weighted by atomic mass is 9.77. The monoisotopic (exact) mass is 424 g/mol. The highest BCUT2D eigenvalue weighted by Gasteiger charge is 2.45. The number of nitrogens with zero attached hydrogens (tertiary/aromatic N) is 6. The Kier molecular flexibility index (Phi) is 5.75. The number of hydrogen-bond donors (Lipinski definition) is 0. The van der Waals surface area contributed by atoms with E-state index in [1.54, 1.807) is 24.5 Å². The summed E-state index contributed by atoms with van der Waals surface area (Å²) in [5.41, 5.74) is 1.70. The van der Waals surface area contributed by atoms with Crippen molar-refractivity contribution in [2.24, 2.45) is 17.8 Å². The van der Waals surface area contributed by atoms with Gasteiger partial charge in [0.25, 0.3) is 5.91 Å². The molecule has 2 saturated carbocycles. The zero-order valence-electron chi connectivity index (χ0n) is 18.4. The third-order valence-corrected chi connectivity index (χ3v) is 6.92. The van der Waals surface area contributed by atoms with E-state index in [0.717, 1.165) is 56.3 Å². The van der Waals surface area contributed by atoms with Crippen molar-refractivity contribution in [2.45, 2.75) is 44.4 Å². The Morgan fingerprint density at radius 2 is 1.90 bits per heavy atom. The fourth-order valence-corrected chi connectivity index (χ4v) is 5.11. The summed E-state index contributed by atoms with van der Waals surface area (Å²) in [4.78, 5) is 21.1. The van der Waals surface area contributed by atoms with Gasteiger partial charge in [0.2, 0.25) is 0 Å². The maximum atomic E-state index is 13.0. The van der Waals surface area contributed by atoms with E-state index in [-0.39, 0.29) is 18.1 Å². The highest BCUT2D eigenvalue weighted by atomic mass is 16.5. The van der Waals surface area contributed by atoms with E-state index in [1.165, 1.54) is 12.8 Å².